The molecule has 0 aliphatic heterocycles. The summed E-state index contributed by atoms with van der Waals surface area (Å²) in [6.07, 6.45) is -1.03. The van der Waals surface area contributed by atoms with Crippen molar-refractivity contribution < 1.29 is 14.3 Å². The van der Waals surface area contributed by atoms with Crippen LogP contribution in [0.5, 0.6) is 0 Å². The van der Waals surface area contributed by atoms with E-state index in [9.17, 15) is 14.3 Å². The van der Waals surface area contributed by atoms with Gasteiger partial charge in [0.15, 0.2) is 0 Å². The van der Waals surface area contributed by atoms with Gasteiger partial charge in [0.1, 0.15) is 5.82 Å². The lowest BCUT2D eigenvalue weighted by Crippen LogP contribution is -2.36. The van der Waals surface area contributed by atoms with Crippen molar-refractivity contribution >= 4 is 5.91 Å². The lowest BCUT2D eigenvalue weighted by Gasteiger charge is -2.15. The largest absolute Gasteiger partial charge is 0.386 e. The molecule has 2 atom stereocenters. The van der Waals surface area contributed by atoms with Gasteiger partial charge in [0, 0.05) is 24.6 Å². The van der Waals surface area contributed by atoms with Gasteiger partial charge in [-0.15, -0.1) is 0 Å². The number of carbonyl (C=O) groups excluding carboxylic acids is 1. The molecule has 18 heavy (non-hydrogen) atoms. The van der Waals surface area contributed by atoms with Crippen molar-refractivity contribution in [3.63, 3.8) is 0 Å². The monoisotopic (exact) mass is 254 g/mol. The molecule has 0 radical (unpaired) electrons. The number of nitrogens with one attached hydrogen (secondary N) is 2. The molecule has 0 aliphatic carbocycles. The fourth-order valence-corrected chi connectivity index (χ4v) is 1.63. The Labute approximate surface area is 106 Å². The summed E-state index contributed by atoms with van der Waals surface area (Å²) >= 11 is 0. The summed E-state index contributed by atoms with van der Waals surface area (Å²) in [6.45, 7) is 2.34. The molecular weight excluding hydrogens is 235 g/mol. The predicted octanol–water partition coefficient (Wildman–Crippen LogP) is 0.831. The topological polar surface area (TPSA) is 61.4 Å². The Morgan fingerprint density at radius 2 is 2.06 bits per heavy atom. The summed E-state index contributed by atoms with van der Waals surface area (Å²) < 4.78 is 13.4. The van der Waals surface area contributed by atoms with Crippen LogP contribution >= 0.6 is 0 Å². The van der Waals surface area contributed by atoms with Crippen LogP contribution in [0.15, 0.2) is 24.3 Å². The molecule has 0 aromatic heterocycles. The zero-order valence-electron chi connectivity index (χ0n) is 10.6. The Morgan fingerprint density at radius 3 is 2.67 bits per heavy atom. The van der Waals surface area contributed by atoms with Crippen LogP contribution in [-0.4, -0.2) is 31.2 Å². The Kier molecular flexibility index (Phi) is 5.74. The molecule has 0 saturated heterocycles. The molecule has 5 heteroatoms. The van der Waals surface area contributed by atoms with Crippen LogP contribution in [0.4, 0.5) is 4.39 Å². The maximum absolute atomic E-state index is 13.4. The number of aliphatic hydroxyl groups excluding tert-OH is 1. The molecule has 0 spiro atoms. The lowest BCUT2D eigenvalue weighted by molar-refractivity contribution is -0.124. The van der Waals surface area contributed by atoms with Gasteiger partial charge in [0.2, 0.25) is 5.91 Å². The van der Waals surface area contributed by atoms with Crippen molar-refractivity contribution in [1.29, 1.82) is 0 Å². The van der Waals surface area contributed by atoms with Gasteiger partial charge in [-0.25, -0.2) is 4.39 Å². The molecule has 100 valence electrons. The standard InChI is InChI=1S/C13H19FN2O2/c1-9(7-15-2)13(18)16-8-12(17)10-5-3-4-6-11(10)14/h3-6,9,12,15,17H,7-8H2,1-2H3,(H,16,18). The van der Waals surface area contributed by atoms with Gasteiger partial charge in [-0.1, -0.05) is 25.1 Å². The fraction of sp³-hybridized carbons (Fsp3) is 0.462. The Balaban J connectivity index is 2.49. The van der Waals surface area contributed by atoms with Crippen molar-refractivity contribution in [2.45, 2.75) is 13.0 Å². The van der Waals surface area contributed by atoms with Crippen LogP contribution in [-0.2, 0) is 4.79 Å². The smallest absolute Gasteiger partial charge is 0.224 e. The van der Waals surface area contributed by atoms with Gasteiger partial charge in [0.25, 0.3) is 0 Å². The summed E-state index contributed by atoms with van der Waals surface area (Å²) in [7, 11) is 1.76. The van der Waals surface area contributed by atoms with E-state index in [0.717, 1.165) is 0 Å². The number of amides is 1. The summed E-state index contributed by atoms with van der Waals surface area (Å²) in [5.74, 6) is -0.829. The van der Waals surface area contributed by atoms with Gasteiger partial charge in [-0.05, 0) is 13.1 Å². The zero-order chi connectivity index (χ0) is 13.5. The van der Waals surface area contributed by atoms with Gasteiger partial charge in [-0.3, -0.25) is 4.79 Å². The number of hydrogen-bond donors (Lipinski definition) is 3. The van der Waals surface area contributed by atoms with Crippen LogP contribution in [0, 0.1) is 11.7 Å². The van der Waals surface area contributed by atoms with Crippen molar-refractivity contribution in [3.8, 4) is 0 Å². The van der Waals surface area contributed by atoms with E-state index in [0.29, 0.717) is 6.54 Å². The van der Waals surface area contributed by atoms with Gasteiger partial charge >= 0.3 is 0 Å². The van der Waals surface area contributed by atoms with Crippen LogP contribution in [0.2, 0.25) is 0 Å². The highest BCUT2D eigenvalue weighted by molar-refractivity contribution is 5.78. The molecule has 3 N–H and O–H groups in total. The van der Waals surface area contributed by atoms with Crippen molar-refractivity contribution in [1.82, 2.24) is 10.6 Å². The first-order valence-electron chi connectivity index (χ1n) is 5.91. The molecule has 4 nitrogen and oxygen atoms in total. The number of rotatable bonds is 6. The third kappa shape index (κ3) is 4.09. The SMILES string of the molecule is CNCC(C)C(=O)NCC(O)c1ccccc1F. The van der Waals surface area contributed by atoms with E-state index in [2.05, 4.69) is 10.6 Å². The van der Waals surface area contributed by atoms with Crippen molar-refractivity contribution in [3.05, 3.63) is 35.6 Å². The van der Waals surface area contributed by atoms with Crippen LogP contribution in [0.1, 0.15) is 18.6 Å². The maximum atomic E-state index is 13.4. The Bertz CT molecular complexity index is 398. The van der Waals surface area contributed by atoms with Crippen LogP contribution in [0.25, 0.3) is 0 Å². The van der Waals surface area contributed by atoms with Crippen LogP contribution < -0.4 is 10.6 Å². The highest BCUT2D eigenvalue weighted by Crippen LogP contribution is 2.15. The first kappa shape index (κ1) is 14.6. The first-order valence-corrected chi connectivity index (χ1v) is 5.91. The molecule has 0 saturated carbocycles. The summed E-state index contributed by atoms with van der Waals surface area (Å²) in [4.78, 5) is 11.6. The molecule has 0 heterocycles. The number of halogens is 1. The number of benzene rings is 1. The fourth-order valence-electron chi connectivity index (χ4n) is 1.63. The quantitative estimate of drug-likeness (QED) is 0.704. The molecular formula is C13H19FN2O2. The molecule has 1 rings (SSSR count). The second kappa shape index (κ2) is 7.08. The predicted molar refractivity (Wildman–Crippen MR) is 67.5 cm³/mol. The molecule has 2 unspecified atom stereocenters. The van der Waals surface area contributed by atoms with Gasteiger partial charge in [-0.2, -0.15) is 0 Å². The molecule has 0 fully saturated rings. The summed E-state index contributed by atoms with van der Waals surface area (Å²) in [6, 6.07) is 5.99. The number of aliphatic hydroxyl groups is 1. The molecule has 1 aromatic rings. The number of carbonyl (C=O) groups is 1. The van der Waals surface area contributed by atoms with Gasteiger partial charge in [0.05, 0.1) is 6.10 Å². The van der Waals surface area contributed by atoms with E-state index in [1.165, 1.54) is 12.1 Å². The maximum Gasteiger partial charge on any atom is 0.224 e. The zero-order valence-corrected chi connectivity index (χ0v) is 10.6. The average Bonchev–Trinajstić information content (AvgIpc) is 2.36. The normalized spacial score (nSPS) is 14.0. The van der Waals surface area contributed by atoms with E-state index in [4.69, 9.17) is 0 Å². The average molecular weight is 254 g/mol. The van der Waals surface area contributed by atoms with Gasteiger partial charge < -0.3 is 15.7 Å². The third-order valence-electron chi connectivity index (χ3n) is 2.69. The second-order valence-corrected chi connectivity index (χ2v) is 4.24. The Morgan fingerprint density at radius 1 is 1.39 bits per heavy atom. The van der Waals surface area contributed by atoms with E-state index in [1.807, 2.05) is 0 Å². The van der Waals surface area contributed by atoms with E-state index in [-0.39, 0.29) is 23.9 Å². The lowest BCUT2D eigenvalue weighted by atomic mass is 10.1. The van der Waals surface area contributed by atoms with E-state index < -0.39 is 11.9 Å². The number of hydrogen-bond acceptors (Lipinski definition) is 3. The highest BCUT2D eigenvalue weighted by Gasteiger charge is 2.16. The van der Waals surface area contributed by atoms with Crippen molar-refractivity contribution in [2.75, 3.05) is 20.1 Å². The third-order valence-corrected chi connectivity index (χ3v) is 2.69. The Hall–Kier alpha value is -1.46. The first-order chi connectivity index (χ1) is 8.56. The minimum absolute atomic E-state index is 0.00776. The molecule has 0 bridgehead atoms. The second-order valence-electron chi connectivity index (χ2n) is 4.24. The summed E-state index contributed by atoms with van der Waals surface area (Å²) in [5, 5.41) is 15.3. The van der Waals surface area contributed by atoms with Crippen LogP contribution in [0.3, 0.4) is 0 Å². The van der Waals surface area contributed by atoms with E-state index in [1.54, 1.807) is 26.1 Å². The summed E-state index contributed by atoms with van der Waals surface area (Å²) in [5.41, 5.74) is 0.194. The minimum Gasteiger partial charge on any atom is -0.386 e. The highest BCUT2D eigenvalue weighted by atomic mass is 19.1. The van der Waals surface area contributed by atoms with Crippen molar-refractivity contribution in [2.24, 2.45) is 5.92 Å². The molecule has 0 aliphatic rings. The molecule has 1 aromatic carbocycles. The molecule has 1 amide bonds. The minimum atomic E-state index is -1.03. The van der Waals surface area contributed by atoms with E-state index >= 15 is 0 Å².